The van der Waals surface area contributed by atoms with Crippen LogP contribution in [0.2, 0.25) is 0 Å². The number of rotatable bonds is 3. The zero-order chi connectivity index (χ0) is 14.9. The topological polar surface area (TPSA) is 78.6 Å². The van der Waals surface area contributed by atoms with Crippen molar-refractivity contribution in [2.75, 3.05) is 14.2 Å². The molecule has 0 radical (unpaired) electrons. The van der Waals surface area contributed by atoms with E-state index in [0.29, 0.717) is 4.88 Å². The quantitative estimate of drug-likeness (QED) is 0.701. The zero-order valence-electron chi connectivity index (χ0n) is 10.2. The Kier molecular flexibility index (Phi) is 4.61. The van der Waals surface area contributed by atoms with E-state index in [1.807, 2.05) is 0 Å². The van der Waals surface area contributed by atoms with Crippen molar-refractivity contribution in [1.82, 2.24) is 4.98 Å². The summed E-state index contributed by atoms with van der Waals surface area (Å²) in [5.41, 5.74) is -0.213. The summed E-state index contributed by atoms with van der Waals surface area (Å²) in [5, 5.41) is 0. The van der Waals surface area contributed by atoms with Gasteiger partial charge >= 0.3 is 11.9 Å². The van der Waals surface area contributed by atoms with E-state index in [0.717, 1.165) is 8.26 Å². The molecule has 0 aliphatic heterocycles. The van der Waals surface area contributed by atoms with Crippen LogP contribution in [0.15, 0.2) is 18.7 Å². The number of carbonyl (C=O) groups is 2. The van der Waals surface area contributed by atoms with Gasteiger partial charge in [-0.25, -0.2) is 14.6 Å². The number of methoxy groups -OCH3 is 2. The molecule has 0 saturated heterocycles. The highest BCUT2D eigenvalue weighted by molar-refractivity contribution is 9.13. The lowest BCUT2D eigenvalue weighted by atomic mass is 10.3. The zero-order valence-corrected chi connectivity index (χ0v) is 14.2. The first kappa shape index (κ1) is 15.2. The molecule has 20 heavy (non-hydrogen) atoms. The number of aromatic nitrogens is 1. The minimum atomic E-state index is -0.793. The van der Waals surface area contributed by atoms with Gasteiger partial charge in [0.15, 0.2) is 0 Å². The maximum atomic E-state index is 11.6. The van der Waals surface area contributed by atoms with Crippen molar-refractivity contribution in [1.29, 1.82) is 0 Å². The van der Waals surface area contributed by atoms with Crippen LogP contribution < -0.4 is 0 Å². The third-order valence-electron chi connectivity index (χ3n) is 2.23. The van der Waals surface area contributed by atoms with Gasteiger partial charge in [0, 0.05) is 4.47 Å². The first-order chi connectivity index (χ1) is 9.47. The van der Waals surface area contributed by atoms with Gasteiger partial charge in [-0.2, -0.15) is 0 Å². The standard InChI is InChI=1S/C11H7Br2NO5S/c1-17-10(15)6-7(11(16)18-2)19-9(14-6)5-3-4(12)8(13)20-5/h3H,1-2H3. The van der Waals surface area contributed by atoms with Crippen molar-refractivity contribution >= 4 is 55.1 Å². The number of nitrogens with zero attached hydrogens (tertiary/aromatic N) is 1. The second kappa shape index (κ2) is 6.06. The normalized spacial score (nSPS) is 10.4. The van der Waals surface area contributed by atoms with Crippen molar-refractivity contribution in [3.8, 4) is 10.8 Å². The molecule has 0 atom stereocenters. The summed E-state index contributed by atoms with van der Waals surface area (Å²) in [4.78, 5) is 27.8. The van der Waals surface area contributed by atoms with Gasteiger partial charge in [0.25, 0.3) is 0 Å². The van der Waals surface area contributed by atoms with Gasteiger partial charge in [0.1, 0.15) is 0 Å². The van der Waals surface area contributed by atoms with Crippen LogP contribution in [0.4, 0.5) is 0 Å². The summed E-state index contributed by atoms with van der Waals surface area (Å²) in [5.74, 6) is -1.70. The predicted molar refractivity (Wildman–Crippen MR) is 77.9 cm³/mol. The Morgan fingerprint density at radius 3 is 2.40 bits per heavy atom. The van der Waals surface area contributed by atoms with Gasteiger partial charge in [-0.15, -0.1) is 11.3 Å². The van der Waals surface area contributed by atoms with Crippen molar-refractivity contribution in [2.45, 2.75) is 0 Å². The van der Waals surface area contributed by atoms with Crippen LogP contribution in [0.3, 0.4) is 0 Å². The van der Waals surface area contributed by atoms with Gasteiger partial charge in [-0.05, 0) is 37.9 Å². The van der Waals surface area contributed by atoms with Crippen molar-refractivity contribution in [3.05, 3.63) is 25.8 Å². The second-order valence-electron chi connectivity index (χ2n) is 3.41. The SMILES string of the molecule is COC(=O)c1nc(-c2cc(Br)c(Br)s2)oc1C(=O)OC. The van der Waals surface area contributed by atoms with E-state index in [1.54, 1.807) is 6.07 Å². The number of halogens is 2. The molecule has 0 bridgehead atoms. The Morgan fingerprint density at radius 2 is 1.90 bits per heavy atom. The Bertz CT molecular complexity index is 625. The van der Waals surface area contributed by atoms with Gasteiger partial charge in [0.05, 0.1) is 22.9 Å². The molecule has 2 aromatic rings. The maximum absolute atomic E-state index is 11.6. The van der Waals surface area contributed by atoms with Crippen molar-refractivity contribution in [3.63, 3.8) is 0 Å². The van der Waals surface area contributed by atoms with Crippen LogP contribution >= 0.6 is 43.2 Å². The number of oxazole rings is 1. The van der Waals surface area contributed by atoms with E-state index in [4.69, 9.17) is 4.42 Å². The van der Waals surface area contributed by atoms with Crippen LogP contribution in [0.25, 0.3) is 10.8 Å². The van der Waals surface area contributed by atoms with E-state index in [1.165, 1.54) is 25.6 Å². The Morgan fingerprint density at radius 1 is 1.25 bits per heavy atom. The molecule has 9 heteroatoms. The molecule has 0 aromatic carbocycles. The molecule has 0 amide bonds. The lowest BCUT2D eigenvalue weighted by molar-refractivity contribution is 0.0527. The fourth-order valence-electron chi connectivity index (χ4n) is 1.34. The number of ether oxygens (including phenoxy) is 2. The number of thiophene rings is 1. The van der Waals surface area contributed by atoms with Gasteiger partial charge in [-0.3, -0.25) is 0 Å². The van der Waals surface area contributed by atoms with Crippen LogP contribution in [-0.2, 0) is 9.47 Å². The molecular formula is C11H7Br2NO5S. The summed E-state index contributed by atoms with van der Waals surface area (Å²) in [7, 11) is 2.37. The molecule has 0 spiro atoms. The van der Waals surface area contributed by atoms with Crippen molar-refractivity contribution < 1.29 is 23.5 Å². The predicted octanol–water partition coefficient (Wildman–Crippen LogP) is 3.50. The minimum absolute atomic E-state index is 0.141. The molecule has 0 aliphatic carbocycles. The highest BCUT2D eigenvalue weighted by Gasteiger charge is 2.28. The molecule has 6 nitrogen and oxygen atoms in total. The molecule has 2 rings (SSSR count). The molecule has 0 saturated carbocycles. The number of esters is 2. The van der Waals surface area contributed by atoms with E-state index in [-0.39, 0.29) is 17.3 Å². The van der Waals surface area contributed by atoms with E-state index >= 15 is 0 Å². The average molecular weight is 425 g/mol. The second-order valence-corrected chi connectivity index (χ2v) is 6.64. The smallest absolute Gasteiger partial charge is 0.376 e. The number of carbonyl (C=O) groups excluding carboxylic acids is 2. The molecule has 0 aliphatic rings. The van der Waals surface area contributed by atoms with Gasteiger partial charge < -0.3 is 13.9 Å². The minimum Gasteiger partial charge on any atom is -0.464 e. The molecule has 0 fully saturated rings. The van der Waals surface area contributed by atoms with Gasteiger partial charge in [0.2, 0.25) is 17.3 Å². The van der Waals surface area contributed by atoms with E-state index in [9.17, 15) is 9.59 Å². The first-order valence-electron chi connectivity index (χ1n) is 5.10. The van der Waals surface area contributed by atoms with Crippen LogP contribution in [0.1, 0.15) is 21.0 Å². The van der Waals surface area contributed by atoms with Gasteiger partial charge in [-0.1, -0.05) is 0 Å². The Labute approximate surface area is 134 Å². The highest BCUT2D eigenvalue weighted by atomic mass is 79.9. The third kappa shape index (κ3) is 2.79. The maximum Gasteiger partial charge on any atom is 0.376 e. The third-order valence-corrected chi connectivity index (χ3v) is 5.48. The van der Waals surface area contributed by atoms with Crippen LogP contribution in [0, 0.1) is 0 Å². The molecular weight excluding hydrogens is 418 g/mol. The van der Waals surface area contributed by atoms with Crippen LogP contribution in [0.5, 0.6) is 0 Å². The van der Waals surface area contributed by atoms with E-state index < -0.39 is 11.9 Å². The Hall–Kier alpha value is -1.19. The Balaban J connectivity index is 2.53. The summed E-state index contributed by atoms with van der Waals surface area (Å²) in [6.07, 6.45) is 0. The summed E-state index contributed by atoms with van der Waals surface area (Å²) < 4.78 is 16.1. The number of hydrogen-bond donors (Lipinski definition) is 0. The largest absolute Gasteiger partial charge is 0.464 e. The molecule has 0 unspecified atom stereocenters. The fraction of sp³-hybridized carbons (Fsp3) is 0.182. The lowest BCUT2D eigenvalue weighted by Gasteiger charge is -1.96. The fourth-order valence-corrected chi connectivity index (χ4v) is 3.31. The lowest BCUT2D eigenvalue weighted by Crippen LogP contribution is -2.10. The average Bonchev–Trinajstić information content (AvgIpc) is 3.02. The molecule has 0 N–H and O–H groups in total. The summed E-state index contributed by atoms with van der Waals surface area (Å²) >= 11 is 8.01. The highest BCUT2D eigenvalue weighted by Crippen LogP contribution is 2.38. The van der Waals surface area contributed by atoms with E-state index in [2.05, 4.69) is 46.3 Å². The molecule has 106 valence electrons. The first-order valence-corrected chi connectivity index (χ1v) is 7.50. The molecule has 2 heterocycles. The molecule has 2 aromatic heterocycles. The summed E-state index contributed by atoms with van der Waals surface area (Å²) in [6.45, 7) is 0. The number of hydrogen-bond acceptors (Lipinski definition) is 7. The summed E-state index contributed by atoms with van der Waals surface area (Å²) in [6, 6.07) is 1.75. The monoisotopic (exact) mass is 423 g/mol. The van der Waals surface area contributed by atoms with Crippen molar-refractivity contribution in [2.24, 2.45) is 0 Å². The van der Waals surface area contributed by atoms with Crippen LogP contribution in [-0.4, -0.2) is 31.1 Å².